The smallest absolute Gasteiger partial charge is 0.0577 e. The van der Waals surface area contributed by atoms with Crippen LogP contribution in [0, 0.1) is 52.3 Å². The van der Waals surface area contributed by atoms with Gasteiger partial charge in [-0.2, -0.15) is 0 Å². The van der Waals surface area contributed by atoms with Crippen LogP contribution >= 0.6 is 0 Å². The van der Waals surface area contributed by atoms with E-state index in [-0.39, 0.29) is 6.10 Å². The molecular weight excluding hydrogens is 364 g/mol. The molecule has 0 bridgehead atoms. The first-order chi connectivity index (χ1) is 14.2. The van der Waals surface area contributed by atoms with Crippen LogP contribution in [0.3, 0.4) is 0 Å². The van der Waals surface area contributed by atoms with Crippen LogP contribution in [0.2, 0.25) is 0 Å². The average Bonchev–Trinajstić information content (AvgIpc) is 2.98. The van der Waals surface area contributed by atoms with Gasteiger partial charge < -0.3 is 5.11 Å². The van der Waals surface area contributed by atoms with Gasteiger partial charge in [-0.3, -0.25) is 0 Å². The Bertz CT molecular complexity index is 634. The van der Waals surface area contributed by atoms with E-state index in [4.69, 9.17) is 0 Å². The lowest BCUT2D eigenvalue weighted by molar-refractivity contribution is -0.0508. The predicted octanol–water partition coefficient (Wildman–Crippen LogP) is 8.02. The molecule has 0 heterocycles. The standard InChI is InChI=1S/C29H50O/c1-19(2)20(3)10-11-21(4)25-12-13-26-24-9-7-8-22-18-23(30)14-16-28(22,5)27(24)15-17-29(25,26)6/h8,19-21,23-27,30H,7,9-18H2,1-6H3/t20-,21-,23+,24-,25-,26+,27+,28+,29-/m1/s1. The first-order valence-electron chi connectivity index (χ1n) is 13.5. The van der Waals surface area contributed by atoms with E-state index in [2.05, 4.69) is 47.6 Å². The Labute approximate surface area is 187 Å². The van der Waals surface area contributed by atoms with Crippen molar-refractivity contribution < 1.29 is 5.11 Å². The minimum absolute atomic E-state index is 0.0836. The molecule has 0 aromatic carbocycles. The van der Waals surface area contributed by atoms with Crippen LogP contribution in [0.15, 0.2) is 11.6 Å². The van der Waals surface area contributed by atoms with Gasteiger partial charge >= 0.3 is 0 Å². The van der Waals surface area contributed by atoms with Crippen molar-refractivity contribution in [2.75, 3.05) is 0 Å². The molecule has 0 spiro atoms. The molecule has 0 radical (unpaired) electrons. The van der Waals surface area contributed by atoms with Gasteiger partial charge in [-0.25, -0.2) is 0 Å². The molecule has 3 saturated carbocycles. The fourth-order valence-electron chi connectivity index (χ4n) is 8.92. The summed E-state index contributed by atoms with van der Waals surface area (Å²) in [6, 6.07) is 0. The number of allylic oxidation sites excluding steroid dienone is 1. The second-order valence-electron chi connectivity index (χ2n) is 13.0. The van der Waals surface area contributed by atoms with Crippen molar-refractivity contribution in [3.05, 3.63) is 11.6 Å². The quantitative estimate of drug-likeness (QED) is 0.451. The first kappa shape index (κ1) is 22.9. The normalized spacial score (nSPS) is 45.7. The number of aliphatic hydroxyl groups excluding tert-OH is 1. The summed E-state index contributed by atoms with van der Waals surface area (Å²) in [5.41, 5.74) is 2.58. The highest BCUT2D eigenvalue weighted by Gasteiger charge is 2.58. The SMILES string of the molecule is CC(C)[C@H](C)CC[C@@H](C)[C@H]1CC[C@H]2[C@H]3CCC=C4C[C@@H](O)CC[C@]4(C)[C@H]3CC[C@]12C. The van der Waals surface area contributed by atoms with Gasteiger partial charge in [0.15, 0.2) is 0 Å². The van der Waals surface area contributed by atoms with E-state index in [0.717, 1.165) is 54.3 Å². The number of aliphatic hydroxyl groups is 1. The Hall–Kier alpha value is -0.300. The summed E-state index contributed by atoms with van der Waals surface area (Å²) in [5, 5.41) is 10.3. The van der Waals surface area contributed by atoms with Crippen molar-refractivity contribution in [3.8, 4) is 0 Å². The molecule has 4 aliphatic carbocycles. The summed E-state index contributed by atoms with van der Waals surface area (Å²) < 4.78 is 0. The molecular formula is C29H50O. The minimum Gasteiger partial charge on any atom is -0.393 e. The fourth-order valence-corrected chi connectivity index (χ4v) is 8.92. The highest BCUT2D eigenvalue weighted by Crippen LogP contribution is 2.66. The summed E-state index contributed by atoms with van der Waals surface area (Å²) in [6.07, 6.45) is 17.1. The van der Waals surface area contributed by atoms with E-state index in [1.807, 2.05) is 0 Å². The Balaban J connectivity index is 1.49. The third kappa shape index (κ3) is 3.84. The summed E-state index contributed by atoms with van der Waals surface area (Å²) in [6.45, 7) is 15.1. The van der Waals surface area contributed by atoms with E-state index in [0.29, 0.717) is 10.8 Å². The molecule has 4 rings (SSSR count). The van der Waals surface area contributed by atoms with Gasteiger partial charge in [0.05, 0.1) is 6.10 Å². The number of hydrogen-bond donors (Lipinski definition) is 1. The van der Waals surface area contributed by atoms with Crippen molar-refractivity contribution in [2.24, 2.45) is 52.3 Å². The maximum Gasteiger partial charge on any atom is 0.0577 e. The molecule has 0 unspecified atom stereocenters. The van der Waals surface area contributed by atoms with Crippen LogP contribution in [-0.2, 0) is 0 Å². The van der Waals surface area contributed by atoms with Gasteiger partial charge in [0.2, 0.25) is 0 Å². The van der Waals surface area contributed by atoms with Crippen LogP contribution < -0.4 is 0 Å². The molecule has 1 heteroatoms. The topological polar surface area (TPSA) is 20.2 Å². The van der Waals surface area contributed by atoms with Gasteiger partial charge in [0, 0.05) is 0 Å². The Kier molecular flexibility index (Phi) is 6.53. The monoisotopic (exact) mass is 414 g/mol. The van der Waals surface area contributed by atoms with E-state index in [1.54, 1.807) is 5.57 Å². The molecule has 0 saturated heterocycles. The third-order valence-corrected chi connectivity index (χ3v) is 11.3. The summed E-state index contributed by atoms with van der Waals surface area (Å²) in [4.78, 5) is 0. The summed E-state index contributed by atoms with van der Waals surface area (Å²) in [5.74, 6) is 6.25. The largest absolute Gasteiger partial charge is 0.393 e. The maximum absolute atomic E-state index is 10.3. The van der Waals surface area contributed by atoms with Gasteiger partial charge in [-0.15, -0.1) is 0 Å². The van der Waals surface area contributed by atoms with Gasteiger partial charge in [-0.1, -0.05) is 66.0 Å². The Morgan fingerprint density at radius 3 is 2.43 bits per heavy atom. The highest BCUT2D eigenvalue weighted by atomic mass is 16.3. The predicted molar refractivity (Wildman–Crippen MR) is 128 cm³/mol. The Morgan fingerprint density at radius 2 is 1.70 bits per heavy atom. The highest BCUT2D eigenvalue weighted by molar-refractivity contribution is 5.23. The molecule has 0 aromatic heterocycles. The van der Waals surface area contributed by atoms with Gasteiger partial charge in [-0.05, 0) is 110 Å². The molecule has 0 aliphatic heterocycles. The zero-order chi connectivity index (χ0) is 21.7. The van der Waals surface area contributed by atoms with Crippen LogP contribution in [0.1, 0.15) is 112 Å². The van der Waals surface area contributed by atoms with Gasteiger partial charge in [0.1, 0.15) is 0 Å². The second-order valence-corrected chi connectivity index (χ2v) is 13.0. The molecule has 9 atom stereocenters. The number of fused-ring (bicyclic) bond motifs is 5. The van der Waals surface area contributed by atoms with Crippen molar-refractivity contribution in [1.29, 1.82) is 0 Å². The molecule has 1 nitrogen and oxygen atoms in total. The molecule has 3 fully saturated rings. The molecule has 172 valence electrons. The maximum atomic E-state index is 10.3. The Morgan fingerprint density at radius 1 is 0.933 bits per heavy atom. The van der Waals surface area contributed by atoms with Crippen LogP contribution in [0.5, 0.6) is 0 Å². The lowest BCUT2D eigenvalue weighted by atomic mass is 9.49. The van der Waals surface area contributed by atoms with Crippen LogP contribution in [0.25, 0.3) is 0 Å². The molecule has 4 aliphatic rings. The molecule has 30 heavy (non-hydrogen) atoms. The van der Waals surface area contributed by atoms with Gasteiger partial charge in [0.25, 0.3) is 0 Å². The van der Waals surface area contributed by atoms with Crippen molar-refractivity contribution in [3.63, 3.8) is 0 Å². The lowest BCUT2D eigenvalue weighted by Gasteiger charge is -2.55. The average molecular weight is 415 g/mol. The molecule has 0 aromatic rings. The van der Waals surface area contributed by atoms with Crippen molar-refractivity contribution in [1.82, 2.24) is 0 Å². The van der Waals surface area contributed by atoms with E-state index in [1.165, 1.54) is 57.8 Å². The second kappa shape index (κ2) is 8.57. The molecule has 0 amide bonds. The van der Waals surface area contributed by atoms with Crippen LogP contribution in [0.4, 0.5) is 0 Å². The first-order valence-corrected chi connectivity index (χ1v) is 13.5. The van der Waals surface area contributed by atoms with Crippen molar-refractivity contribution in [2.45, 2.75) is 118 Å². The summed E-state index contributed by atoms with van der Waals surface area (Å²) >= 11 is 0. The lowest BCUT2D eigenvalue weighted by Crippen LogP contribution is -2.48. The third-order valence-electron chi connectivity index (χ3n) is 11.3. The zero-order valence-electron chi connectivity index (χ0n) is 20.9. The van der Waals surface area contributed by atoms with Crippen LogP contribution in [-0.4, -0.2) is 11.2 Å². The van der Waals surface area contributed by atoms with E-state index >= 15 is 0 Å². The zero-order valence-corrected chi connectivity index (χ0v) is 20.9. The summed E-state index contributed by atoms with van der Waals surface area (Å²) in [7, 11) is 0. The number of hydrogen-bond acceptors (Lipinski definition) is 1. The fraction of sp³-hybridized carbons (Fsp3) is 0.931. The number of rotatable bonds is 5. The van der Waals surface area contributed by atoms with E-state index < -0.39 is 0 Å². The van der Waals surface area contributed by atoms with E-state index in [9.17, 15) is 5.11 Å². The molecule has 1 N–H and O–H groups in total. The minimum atomic E-state index is -0.0836. The van der Waals surface area contributed by atoms with Crippen molar-refractivity contribution >= 4 is 0 Å².